The van der Waals surface area contributed by atoms with Crippen LogP contribution >= 0.6 is 0 Å². The predicted molar refractivity (Wildman–Crippen MR) is 78.7 cm³/mol. The highest BCUT2D eigenvalue weighted by Gasteiger charge is 2.29. The van der Waals surface area contributed by atoms with Crippen molar-refractivity contribution in [2.24, 2.45) is 7.05 Å². The van der Waals surface area contributed by atoms with Crippen LogP contribution in [0, 0.1) is 0 Å². The van der Waals surface area contributed by atoms with Crippen molar-refractivity contribution in [3.05, 3.63) is 52.6 Å². The second-order valence-electron chi connectivity index (χ2n) is 5.18. The molecular weight excluding hydrogens is 284 g/mol. The van der Waals surface area contributed by atoms with Crippen LogP contribution in [0.4, 0.5) is 0 Å². The molecule has 0 aromatic carbocycles. The molecular formula is C15H16N4O3. The fourth-order valence-electron chi connectivity index (χ4n) is 2.46. The standard InChI is InChI=1S/C15H16N4O3/c1-18-8-3-4-12(14(18)20)15(21)19-9-6-11(10-19)22-13-5-2-7-16-17-13/h2-5,7-8,11H,6,9-10H2,1H3. The van der Waals surface area contributed by atoms with Gasteiger partial charge < -0.3 is 14.2 Å². The van der Waals surface area contributed by atoms with Crippen LogP contribution in [0.1, 0.15) is 16.8 Å². The molecule has 0 bridgehead atoms. The third-order valence-electron chi connectivity index (χ3n) is 3.62. The molecule has 3 heterocycles. The Morgan fingerprint density at radius 3 is 3.00 bits per heavy atom. The second kappa shape index (κ2) is 5.97. The summed E-state index contributed by atoms with van der Waals surface area (Å²) in [6, 6.07) is 6.72. The van der Waals surface area contributed by atoms with E-state index in [1.807, 2.05) is 0 Å². The van der Waals surface area contributed by atoms with Crippen LogP contribution < -0.4 is 10.3 Å². The van der Waals surface area contributed by atoms with Gasteiger partial charge in [-0.15, -0.1) is 5.10 Å². The summed E-state index contributed by atoms with van der Waals surface area (Å²) < 4.78 is 7.09. The van der Waals surface area contributed by atoms with Crippen molar-refractivity contribution in [3.8, 4) is 5.88 Å². The van der Waals surface area contributed by atoms with Gasteiger partial charge >= 0.3 is 0 Å². The maximum absolute atomic E-state index is 12.4. The van der Waals surface area contributed by atoms with Gasteiger partial charge in [-0.2, -0.15) is 5.10 Å². The Kier molecular flexibility index (Phi) is 3.86. The molecule has 1 unspecified atom stereocenters. The van der Waals surface area contributed by atoms with Crippen molar-refractivity contribution in [1.29, 1.82) is 0 Å². The van der Waals surface area contributed by atoms with Crippen molar-refractivity contribution in [1.82, 2.24) is 19.7 Å². The summed E-state index contributed by atoms with van der Waals surface area (Å²) in [5.74, 6) is 0.184. The minimum absolute atomic E-state index is 0.131. The average Bonchev–Trinajstić information content (AvgIpc) is 2.99. The summed E-state index contributed by atoms with van der Waals surface area (Å²) in [5.41, 5.74) is -0.101. The monoisotopic (exact) mass is 300 g/mol. The molecule has 1 aliphatic rings. The Bertz CT molecular complexity index is 729. The van der Waals surface area contributed by atoms with E-state index in [0.717, 1.165) is 0 Å². The smallest absolute Gasteiger partial charge is 0.263 e. The summed E-state index contributed by atoms with van der Waals surface area (Å²) in [6.45, 7) is 0.995. The molecule has 7 nitrogen and oxygen atoms in total. The zero-order valence-corrected chi connectivity index (χ0v) is 12.2. The number of aromatic nitrogens is 3. The van der Waals surface area contributed by atoms with E-state index in [2.05, 4.69) is 10.2 Å². The van der Waals surface area contributed by atoms with Crippen molar-refractivity contribution in [2.45, 2.75) is 12.5 Å². The van der Waals surface area contributed by atoms with E-state index < -0.39 is 0 Å². The quantitative estimate of drug-likeness (QED) is 0.823. The lowest BCUT2D eigenvalue weighted by Crippen LogP contribution is -2.35. The lowest BCUT2D eigenvalue weighted by Gasteiger charge is -2.16. The first-order valence-corrected chi connectivity index (χ1v) is 7.04. The van der Waals surface area contributed by atoms with Gasteiger partial charge in [-0.1, -0.05) is 0 Å². The van der Waals surface area contributed by atoms with Crippen molar-refractivity contribution >= 4 is 5.91 Å². The molecule has 0 aliphatic carbocycles. The van der Waals surface area contributed by atoms with Gasteiger partial charge in [0.25, 0.3) is 11.5 Å². The number of likely N-dealkylation sites (tertiary alicyclic amines) is 1. The third kappa shape index (κ3) is 2.83. The molecule has 1 aliphatic heterocycles. The molecule has 0 saturated carbocycles. The molecule has 114 valence electrons. The highest BCUT2D eigenvalue weighted by atomic mass is 16.5. The Labute approximate surface area is 127 Å². The molecule has 2 aromatic heterocycles. The summed E-state index contributed by atoms with van der Waals surface area (Å²) >= 11 is 0. The maximum atomic E-state index is 12.4. The molecule has 22 heavy (non-hydrogen) atoms. The molecule has 1 saturated heterocycles. The molecule has 2 aromatic rings. The van der Waals surface area contributed by atoms with Crippen molar-refractivity contribution in [2.75, 3.05) is 13.1 Å². The number of aryl methyl sites for hydroxylation is 1. The topological polar surface area (TPSA) is 77.3 Å². The SMILES string of the molecule is Cn1cccc(C(=O)N2CCC(Oc3cccnn3)C2)c1=O. The largest absolute Gasteiger partial charge is 0.471 e. The molecule has 3 rings (SSSR count). The number of ether oxygens (including phenoxy) is 1. The fraction of sp³-hybridized carbons (Fsp3) is 0.333. The molecule has 7 heteroatoms. The van der Waals surface area contributed by atoms with Crippen LogP contribution in [0.15, 0.2) is 41.5 Å². The number of nitrogens with zero attached hydrogens (tertiary/aromatic N) is 4. The van der Waals surface area contributed by atoms with Crippen molar-refractivity contribution in [3.63, 3.8) is 0 Å². The Morgan fingerprint density at radius 2 is 2.23 bits per heavy atom. The van der Waals surface area contributed by atoms with Gasteiger partial charge in [0.2, 0.25) is 5.88 Å². The minimum atomic E-state index is -0.286. The van der Waals surface area contributed by atoms with Crippen molar-refractivity contribution < 1.29 is 9.53 Å². The summed E-state index contributed by atoms with van der Waals surface area (Å²) in [5, 5.41) is 7.62. The number of hydrogen-bond donors (Lipinski definition) is 0. The summed E-state index contributed by atoms with van der Waals surface area (Å²) in [7, 11) is 1.63. The lowest BCUT2D eigenvalue weighted by atomic mass is 10.2. The first-order chi connectivity index (χ1) is 10.6. The second-order valence-corrected chi connectivity index (χ2v) is 5.18. The van der Waals surface area contributed by atoms with E-state index in [1.165, 1.54) is 4.57 Å². The summed E-state index contributed by atoms with van der Waals surface area (Å²) in [4.78, 5) is 26.1. The first kappa shape index (κ1) is 14.2. The van der Waals surface area contributed by atoms with Crippen LogP contribution in [0.25, 0.3) is 0 Å². The molecule has 0 spiro atoms. The number of amides is 1. The van der Waals surface area contributed by atoms with Crippen LogP contribution in [0.5, 0.6) is 5.88 Å². The predicted octanol–water partition coefficient (Wildman–Crippen LogP) is 0.469. The Morgan fingerprint density at radius 1 is 1.36 bits per heavy atom. The van der Waals surface area contributed by atoms with E-state index in [9.17, 15) is 9.59 Å². The van der Waals surface area contributed by atoms with Crippen LogP contribution in [-0.4, -0.2) is 44.8 Å². The van der Waals surface area contributed by atoms with E-state index in [4.69, 9.17) is 4.74 Å². The first-order valence-electron chi connectivity index (χ1n) is 7.04. The lowest BCUT2D eigenvalue weighted by molar-refractivity contribution is 0.0768. The van der Waals surface area contributed by atoms with Crippen LogP contribution in [0.2, 0.25) is 0 Å². The molecule has 1 atom stereocenters. The number of hydrogen-bond acceptors (Lipinski definition) is 5. The van der Waals surface area contributed by atoms with Gasteiger partial charge in [0.15, 0.2) is 0 Å². The number of carbonyl (C=O) groups excluding carboxylic acids is 1. The van der Waals surface area contributed by atoms with E-state index >= 15 is 0 Å². The zero-order chi connectivity index (χ0) is 15.5. The molecule has 0 N–H and O–H groups in total. The Hall–Kier alpha value is -2.70. The van der Waals surface area contributed by atoms with Gasteiger partial charge in [0, 0.05) is 38.5 Å². The van der Waals surface area contributed by atoms with Crippen LogP contribution in [0.3, 0.4) is 0 Å². The van der Waals surface area contributed by atoms with Gasteiger partial charge in [-0.05, 0) is 18.2 Å². The van der Waals surface area contributed by atoms with Gasteiger partial charge in [0.1, 0.15) is 11.7 Å². The highest BCUT2D eigenvalue weighted by molar-refractivity contribution is 5.94. The molecule has 1 amide bonds. The normalized spacial score (nSPS) is 17.5. The fourth-order valence-corrected chi connectivity index (χ4v) is 2.46. The maximum Gasteiger partial charge on any atom is 0.263 e. The molecule has 0 radical (unpaired) electrons. The van der Waals surface area contributed by atoms with Gasteiger partial charge in [0.05, 0.1) is 6.54 Å². The zero-order valence-electron chi connectivity index (χ0n) is 12.2. The van der Waals surface area contributed by atoms with E-state index in [-0.39, 0.29) is 23.1 Å². The van der Waals surface area contributed by atoms with E-state index in [1.54, 1.807) is 48.6 Å². The van der Waals surface area contributed by atoms with Gasteiger partial charge in [-0.25, -0.2) is 0 Å². The van der Waals surface area contributed by atoms with Crippen LogP contribution in [-0.2, 0) is 7.05 Å². The number of pyridine rings is 1. The average molecular weight is 300 g/mol. The van der Waals surface area contributed by atoms with E-state index in [0.29, 0.717) is 25.4 Å². The summed E-state index contributed by atoms with van der Waals surface area (Å²) in [6.07, 6.45) is 3.77. The van der Waals surface area contributed by atoms with Gasteiger partial charge in [-0.3, -0.25) is 9.59 Å². The number of rotatable bonds is 3. The Balaban J connectivity index is 1.69. The third-order valence-corrected chi connectivity index (χ3v) is 3.62. The molecule has 1 fully saturated rings. The highest BCUT2D eigenvalue weighted by Crippen LogP contribution is 2.17. The minimum Gasteiger partial charge on any atom is -0.471 e. The number of carbonyl (C=O) groups is 1.